The Balaban J connectivity index is 2.32. The second-order valence-corrected chi connectivity index (χ2v) is 7.81. The fourth-order valence-corrected chi connectivity index (χ4v) is 2.33. The summed E-state index contributed by atoms with van der Waals surface area (Å²) >= 11 is 0. The Labute approximate surface area is 133 Å². The van der Waals surface area contributed by atoms with Crippen molar-refractivity contribution in [3.8, 4) is 5.75 Å². The Kier molecular flexibility index (Phi) is 6.87. The molecule has 0 saturated heterocycles. The second-order valence-electron chi connectivity index (χ2n) is 5.80. The molecule has 1 aromatic carbocycles. The van der Waals surface area contributed by atoms with Gasteiger partial charge in [-0.05, 0) is 43.5 Å². The number of benzene rings is 1. The van der Waals surface area contributed by atoms with Crippen molar-refractivity contribution in [2.75, 3.05) is 12.9 Å². The fourth-order valence-electron chi connectivity index (χ4n) is 1.70. The second kappa shape index (κ2) is 8.17. The topological polar surface area (TPSA) is 72.5 Å². The van der Waals surface area contributed by atoms with Gasteiger partial charge in [-0.3, -0.25) is 4.79 Å². The molecule has 1 atom stereocenters. The summed E-state index contributed by atoms with van der Waals surface area (Å²) in [5, 5.41) is 2.94. The fraction of sp³-hybridized carbons (Fsp3) is 0.562. The molecule has 0 aliphatic rings. The maximum absolute atomic E-state index is 11.7. The van der Waals surface area contributed by atoms with Crippen LogP contribution in [-0.2, 0) is 14.6 Å². The van der Waals surface area contributed by atoms with Crippen LogP contribution in [0.4, 0.5) is 0 Å². The van der Waals surface area contributed by atoms with Gasteiger partial charge in [0, 0.05) is 18.7 Å². The van der Waals surface area contributed by atoms with Crippen molar-refractivity contribution in [3.63, 3.8) is 0 Å². The molecule has 0 fully saturated rings. The molecule has 1 rings (SSSR count). The van der Waals surface area contributed by atoms with Gasteiger partial charge in [-0.1, -0.05) is 13.8 Å². The Hall–Kier alpha value is -1.56. The highest BCUT2D eigenvalue weighted by Gasteiger charge is 2.10. The lowest BCUT2D eigenvalue weighted by Gasteiger charge is -2.17. The molecule has 22 heavy (non-hydrogen) atoms. The summed E-state index contributed by atoms with van der Waals surface area (Å²) < 4.78 is 28.2. The molecule has 1 aromatic rings. The number of amides is 1. The first-order chi connectivity index (χ1) is 10.2. The summed E-state index contributed by atoms with van der Waals surface area (Å²) in [6, 6.07) is 6.44. The zero-order valence-corrected chi connectivity index (χ0v) is 14.4. The van der Waals surface area contributed by atoms with Crippen LogP contribution >= 0.6 is 0 Å². The third kappa shape index (κ3) is 6.47. The van der Waals surface area contributed by atoms with E-state index < -0.39 is 9.84 Å². The minimum atomic E-state index is -3.18. The molecule has 0 saturated carbocycles. The van der Waals surface area contributed by atoms with E-state index in [0.29, 0.717) is 31.1 Å². The van der Waals surface area contributed by atoms with Crippen molar-refractivity contribution < 1.29 is 17.9 Å². The molecule has 124 valence electrons. The lowest BCUT2D eigenvalue weighted by atomic mass is 10.1. The van der Waals surface area contributed by atoms with Gasteiger partial charge < -0.3 is 10.1 Å². The lowest BCUT2D eigenvalue weighted by molar-refractivity contribution is -0.122. The van der Waals surface area contributed by atoms with Gasteiger partial charge in [0.1, 0.15) is 5.75 Å². The Morgan fingerprint density at radius 2 is 1.77 bits per heavy atom. The standard InChI is InChI=1S/C16H25NO4S/c1-12(2)13(3)17-16(18)6-5-11-21-14-7-9-15(10-8-14)22(4,19)20/h7-10,12-13H,5-6,11H2,1-4H3,(H,17,18)/t13-/m0/s1. The maximum Gasteiger partial charge on any atom is 0.220 e. The van der Waals surface area contributed by atoms with Crippen molar-refractivity contribution in [2.24, 2.45) is 5.92 Å². The molecular formula is C16H25NO4S. The Morgan fingerprint density at radius 1 is 1.18 bits per heavy atom. The number of rotatable bonds is 8. The van der Waals surface area contributed by atoms with E-state index in [1.165, 1.54) is 18.4 Å². The molecular weight excluding hydrogens is 302 g/mol. The highest BCUT2D eigenvalue weighted by molar-refractivity contribution is 7.90. The van der Waals surface area contributed by atoms with Gasteiger partial charge in [-0.15, -0.1) is 0 Å². The number of hydrogen-bond acceptors (Lipinski definition) is 4. The monoisotopic (exact) mass is 327 g/mol. The number of sulfone groups is 1. The Morgan fingerprint density at radius 3 is 2.27 bits per heavy atom. The van der Waals surface area contributed by atoms with E-state index in [9.17, 15) is 13.2 Å². The van der Waals surface area contributed by atoms with Crippen LogP contribution < -0.4 is 10.1 Å². The molecule has 0 bridgehead atoms. The molecule has 0 radical (unpaired) electrons. The number of ether oxygens (including phenoxy) is 1. The van der Waals surface area contributed by atoms with Gasteiger partial charge >= 0.3 is 0 Å². The van der Waals surface area contributed by atoms with Crippen molar-refractivity contribution in [2.45, 2.75) is 44.6 Å². The average molecular weight is 327 g/mol. The van der Waals surface area contributed by atoms with E-state index in [1.807, 2.05) is 6.92 Å². The molecule has 0 aromatic heterocycles. The molecule has 0 heterocycles. The van der Waals surface area contributed by atoms with Gasteiger partial charge in [0.25, 0.3) is 0 Å². The van der Waals surface area contributed by atoms with Gasteiger partial charge in [-0.25, -0.2) is 8.42 Å². The molecule has 0 aliphatic carbocycles. The van der Waals surface area contributed by atoms with Gasteiger partial charge in [0.15, 0.2) is 9.84 Å². The van der Waals surface area contributed by atoms with Crippen LogP contribution in [0.25, 0.3) is 0 Å². The average Bonchev–Trinajstić information content (AvgIpc) is 2.43. The summed E-state index contributed by atoms with van der Waals surface area (Å²) in [7, 11) is -3.18. The van der Waals surface area contributed by atoms with E-state index in [2.05, 4.69) is 19.2 Å². The van der Waals surface area contributed by atoms with Gasteiger partial charge in [0.2, 0.25) is 5.91 Å². The largest absolute Gasteiger partial charge is 0.494 e. The van der Waals surface area contributed by atoms with Crippen LogP contribution in [0.5, 0.6) is 5.75 Å². The van der Waals surface area contributed by atoms with Crippen LogP contribution in [0.1, 0.15) is 33.6 Å². The van der Waals surface area contributed by atoms with E-state index in [1.54, 1.807) is 12.1 Å². The zero-order chi connectivity index (χ0) is 16.8. The third-order valence-corrected chi connectivity index (χ3v) is 4.59. The summed E-state index contributed by atoms with van der Waals surface area (Å²) in [5.74, 6) is 1.04. The van der Waals surface area contributed by atoms with Crippen LogP contribution in [0, 0.1) is 5.92 Å². The number of carbonyl (C=O) groups is 1. The summed E-state index contributed by atoms with van der Waals surface area (Å²) in [6.45, 7) is 6.53. The molecule has 1 amide bonds. The summed E-state index contributed by atoms with van der Waals surface area (Å²) in [4.78, 5) is 12.0. The Bertz CT molecular complexity index is 579. The first kappa shape index (κ1) is 18.5. The van der Waals surface area contributed by atoms with Gasteiger partial charge in [0.05, 0.1) is 11.5 Å². The minimum Gasteiger partial charge on any atom is -0.494 e. The van der Waals surface area contributed by atoms with Crippen LogP contribution in [0.2, 0.25) is 0 Å². The van der Waals surface area contributed by atoms with E-state index in [0.717, 1.165) is 0 Å². The molecule has 5 nitrogen and oxygen atoms in total. The minimum absolute atomic E-state index is 0.0252. The number of carbonyl (C=O) groups excluding carboxylic acids is 1. The number of nitrogens with one attached hydrogen (secondary N) is 1. The van der Waals surface area contributed by atoms with Crippen molar-refractivity contribution >= 4 is 15.7 Å². The molecule has 0 aliphatic heterocycles. The highest BCUT2D eigenvalue weighted by Crippen LogP contribution is 2.16. The maximum atomic E-state index is 11.7. The predicted octanol–water partition coefficient (Wildman–Crippen LogP) is 2.41. The smallest absolute Gasteiger partial charge is 0.220 e. The van der Waals surface area contributed by atoms with Crippen LogP contribution in [0.3, 0.4) is 0 Å². The molecule has 0 spiro atoms. The van der Waals surface area contributed by atoms with Crippen LogP contribution in [-0.4, -0.2) is 33.2 Å². The molecule has 0 unspecified atom stereocenters. The zero-order valence-electron chi connectivity index (χ0n) is 13.6. The van der Waals surface area contributed by atoms with Gasteiger partial charge in [-0.2, -0.15) is 0 Å². The SMILES string of the molecule is CC(C)[C@H](C)NC(=O)CCCOc1ccc(S(C)(=O)=O)cc1. The van der Waals surface area contributed by atoms with Crippen molar-refractivity contribution in [3.05, 3.63) is 24.3 Å². The van der Waals surface area contributed by atoms with E-state index in [4.69, 9.17) is 4.74 Å². The first-order valence-electron chi connectivity index (χ1n) is 7.42. The lowest BCUT2D eigenvalue weighted by Crippen LogP contribution is -2.36. The predicted molar refractivity (Wildman–Crippen MR) is 86.7 cm³/mol. The summed E-state index contributed by atoms with van der Waals surface area (Å²) in [6.07, 6.45) is 2.20. The number of hydrogen-bond donors (Lipinski definition) is 1. The quantitative estimate of drug-likeness (QED) is 0.744. The third-order valence-electron chi connectivity index (χ3n) is 3.46. The van der Waals surface area contributed by atoms with E-state index in [-0.39, 0.29) is 16.8 Å². The normalized spacial score (nSPS) is 13.0. The van der Waals surface area contributed by atoms with Crippen molar-refractivity contribution in [1.82, 2.24) is 5.32 Å². The molecule has 1 N–H and O–H groups in total. The molecule has 6 heteroatoms. The van der Waals surface area contributed by atoms with E-state index >= 15 is 0 Å². The van der Waals surface area contributed by atoms with Crippen molar-refractivity contribution in [1.29, 1.82) is 0 Å². The first-order valence-corrected chi connectivity index (χ1v) is 9.31. The highest BCUT2D eigenvalue weighted by atomic mass is 32.2. The van der Waals surface area contributed by atoms with Crippen LogP contribution in [0.15, 0.2) is 29.2 Å². The summed E-state index contributed by atoms with van der Waals surface area (Å²) in [5.41, 5.74) is 0.